The molecule has 0 saturated carbocycles. The van der Waals surface area contributed by atoms with Gasteiger partial charge in [0, 0.05) is 38.0 Å². The van der Waals surface area contributed by atoms with Crippen LogP contribution in [0.3, 0.4) is 0 Å². The number of likely N-dealkylation sites (tertiary alicyclic amines) is 1. The minimum atomic E-state index is -0.163. The molecule has 4 aliphatic heterocycles. The molecule has 27 heavy (non-hydrogen) atoms. The highest BCUT2D eigenvalue weighted by Gasteiger charge is 2.52. The first kappa shape index (κ1) is 19.0. The topological polar surface area (TPSA) is 63.6 Å². The summed E-state index contributed by atoms with van der Waals surface area (Å²) in [5, 5.41) is 3.68. The summed E-state index contributed by atoms with van der Waals surface area (Å²) in [7, 11) is 0. The Hall–Kier alpha value is -1.37. The Morgan fingerprint density at radius 2 is 1.93 bits per heavy atom. The fourth-order valence-electron chi connectivity index (χ4n) is 5.58. The Kier molecular flexibility index (Phi) is 5.08. The zero-order valence-corrected chi connectivity index (χ0v) is 16.5. The number of hydrogen-bond donors (Lipinski definition) is 1. The molecule has 2 bridgehead atoms. The van der Waals surface area contributed by atoms with E-state index in [0.717, 1.165) is 38.1 Å². The van der Waals surface area contributed by atoms with Crippen LogP contribution in [0.5, 0.6) is 0 Å². The lowest BCUT2D eigenvalue weighted by molar-refractivity contribution is 0.0772. The van der Waals surface area contributed by atoms with Crippen molar-refractivity contribution < 1.29 is 9.53 Å². The number of ether oxygens (including phenoxy) is 1. The van der Waals surface area contributed by atoms with E-state index in [4.69, 9.17) is 4.74 Å². The standard InChI is InChI=1S/C20H27N3O3.ClH/c1-12-6-7-22(9-13-3-2-8-26-13)19(24)18(12)20(25)23-10-14-15(11-23)17-5-4-16(14)21-17;/h6-7,13-17,21H,2-5,8-11H2,1H3;1H/t13?,14-,15+,16-,17+;. The minimum absolute atomic E-state index is 0. The number of halogens is 1. The van der Waals surface area contributed by atoms with E-state index in [-0.39, 0.29) is 30.0 Å². The second-order valence-electron chi connectivity index (χ2n) is 8.46. The number of rotatable bonds is 3. The number of hydrogen-bond acceptors (Lipinski definition) is 4. The van der Waals surface area contributed by atoms with Crippen molar-refractivity contribution in [3.63, 3.8) is 0 Å². The third kappa shape index (κ3) is 3.12. The van der Waals surface area contributed by atoms with Crippen molar-refractivity contribution in [3.05, 3.63) is 33.7 Å². The number of carbonyl (C=O) groups is 1. The number of fused-ring (bicyclic) bond motifs is 5. The van der Waals surface area contributed by atoms with Crippen LogP contribution < -0.4 is 10.9 Å². The molecule has 4 saturated heterocycles. The van der Waals surface area contributed by atoms with E-state index in [2.05, 4.69) is 5.32 Å². The minimum Gasteiger partial charge on any atom is -0.376 e. The summed E-state index contributed by atoms with van der Waals surface area (Å²) >= 11 is 0. The largest absolute Gasteiger partial charge is 0.376 e. The van der Waals surface area contributed by atoms with Crippen LogP contribution in [0.4, 0.5) is 0 Å². The van der Waals surface area contributed by atoms with Crippen molar-refractivity contribution in [3.8, 4) is 0 Å². The lowest BCUT2D eigenvalue weighted by Crippen LogP contribution is -2.39. The zero-order chi connectivity index (χ0) is 17.8. The van der Waals surface area contributed by atoms with Crippen LogP contribution in [-0.2, 0) is 11.3 Å². The fraction of sp³-hybridized carbons (Fsp3) is 0.700. The predicted molar refractivity (Wildman–Crippen MR) is 104 cm³/mol. The van der Waals surface area contributed by atoms with Crippen molar-refractivity contribution in [1.82, 2.24) is 14.8 Å². The van der Waals surface area contributed by atoms with E-state index in [1.807, 2.05) is 17.9 Å². The number of nitrogens with zero attached hydrogens (tertiary/aromatic N) is 2. The van der Waals surface area contributed by atoms with Gasteiger partial charge in [-0.3, -0.25) is 9.59 Å². The van der Waals surface area contributed by atoms with E-state index >= 15 is 0 Å². The average molecular weight is 394 g/mol. The number of aromatic nitrogens is 1. The van der Waals surface area contributed by atoms with E-state index < -0.39 is 0 Å². The monoisotopic (exact) mass is 393 g/mol. The SMILES string of the molecule is Cc1ccn(CC2CCCO2)c(=O)c1C(=O)N1C[C@@H]2[C@H](C1)[C@@H]1CC[C@H]2N1.Cl. The van der Waals surface area contributed by atoms with Gasteiger partial charge < -0.3 is 19.5 Å². The van der Waals surface area contributed by atoms with Crippen LogP contribution in [0.1, 0.15) is 41.6 Å². The number of aryl methyl sites for hydroxylation is 1. The smallest absolute Gasteiger partial charge is 0.263 e. The molecule has 6 nitrogen and oxygen atoms in total. The first-order valence-corrected chi connectivity index (χ1v) is 9.99. The van der Waals surface area contributed by atoms with Crippen molar-refractivity contribution >= 4 is 18.3 Å². The third-order valence-corrected chi connectivity index (χ3v) is 6.96. The van der Waals surface area contributed by atoms with Crippen molar-refractivity contribution in [2.75, 3.05) is 19.7 Å². The van der Waals surface area contributed by atoms with Gasteiger partial charge in [0.05, 0.1) is 12.6 Å². The lowest BCUT2D eigenvalue weighted by Gasteiger charge is -2.21. The van der Waals surface area contributed by atoms with Gasteiger partial charge in [-0.15, -0.1) is 12.4 Å². The van der Waals surface area contributed by atoms with Crippen LogP contribution in [0.25, 0.3) is 0 Å². The Balaban J connectivity index is 0.00000180. The second-order valence-corrected chi connectivity index (χ2v) is 8.46. The molecule has 1 aromatic rings. The summed E-state index contributed by atoms with van der Waals surface area (Å²) in [5.41, 5.74) is 0.969. The molecule has 0 aromatic carbocycles. The maximum absolute atomic E-state index is 13.2. The molecule has 0 aliphatic carbocycles. The zero-order valence-electron chi connectivity index (χ0n) is 15.7. The highest BCUT2D eigenvalue weighted by Crippen LogP contribution is 2.43. The molecule has 1 N–H and O–H groups in total. The quantitative estimate of drug-likeness (QED) is 0.846. The summed E-state index contributed by atoms with van der Waals surface area (Å²) in [4.78, 5) is 28.1. The predicted octanol–water partition coefficient (Wildman–Crippen LogP) is 1.58. The van der Waals surface area contributed by atoms with E-state index in [1.165, 1.54) is 12.8 Å². The number of amides is 1. The molecule has 0 radical (unpaired) electrons. The average Bonchev–Trinajstić information content (AvgIpc) is 3.40. The van der Waals surface area contributed by atoms with Crippen LogP contribution in [-0.4, -0.2) is 53.3 Å². The Labute approximate surface area is 165 Å². The van der Waals surface area contributed by atoms with E-state index in [0.29, 0.717) is 36.0 Å². The molecular weight excluding hydrogens is 366 g/mol. The van der Waals surface area contributed by atoms with Gasteiger partial charge in [0.2, 0.25) is 0 Å². The third-order valence-electron chi connectivity index (χ3n) is 6.96. The molecule has 148 valence electrons. The molecule has 1 aromatic heterocycles. The first-order valence-electron chi connectivity index (χ1n) is 9.99. The van der Waals surface area contributed by atoms with Gasteiger partial charge in [-0.1, -0.05) is 0 Å². The Morgan fingerprint density at radius 3 is 2.56 bits per heavy atom. The van der Waals surface area contributed by atoms with Gasteiger partial charge >= 0.3 is 0 Å². The van der Waals surface area contributed by atoms with Crippen molar-refractivity contribution in [1.29, 1.82) is 0 Å². The van der Waals surface area contributed by atoms with Crippen LogP contribution >= 0.6 is 12.4 Å². The van der Waals surface area contributed by atoms with Gasteiger partial charge in [0.25, 0.3) is 11.5 Å². The summed E-state index contributed by atoms with van der Waals surface area (Å²) in [5.74, 6) is 1.05. The number of pyridine rings is 1. The van der Waals surface area contributed by atoms with E-state index in [9.17, 15) is 9.59 Å². The maximum Gasteiger partial charge on any atom is 0.263 e. The number of carbonyl (C=O) groups excluding carboxylic acids is 1. The summed E-state index contributed by atoms with van der Waals surface area (Å²) in [6, 6.07) is 3.03. The Bertz CT molecular complexity index is 771. The van der Waals surface area contributed by atoms with Crippen molar-refractivity contribution in [2.24, 2.45) is 11.8 Å². The van der Waals surface area contributed by atoms with Gasteiger partial charge in [-0.05, 0) is 56.1 Å². The van der Waals surface area contributed by atoms with Crippen LogP contribution in [0.2, 0.25) is 0 Å². The highest BCUT2D eigenvalue weighted by molar-refractivity contribution is 5.95. The molecule has 1 unspecified atom stereocenters. The van der Waals surface area contributed by atoms with Gasteiger partial charge in [-0.25, -0.2) is 0 Å². The molecule has 5 heterocycles. The van der Waals surface area contributed by atoms with Crippen molar-refractivity contribution in [2.45, 2.75) is 57.3 Å². The fourth-order valence-corrected chi connectivity index (χ4v) is 5.58. The Morgan fingerprint density at radius 1 is 1.22 bits per heavy atom. The summed E-state index contributed by atoms with van der Waals surface area (Å²) in [6.45, 7) is 4.75. The molecule has 4 aliphatic rings. The van der Waals surface area contributed by atoms with E-state index in [1.54, 1.807) is 10.8 Å². The lowest BCUT2D eigenvalue weighted by atomic mass is 9.82. The molecule has 7 heteroatoms. The summed E-state index contributed by atoms with van der Waals surface area (Å²) < 4.78 is 7.33. The molecule has 0 spiro atoms. The van der Waals surface area contributed by atoms with Gasteiger partial charge in [-0.2, -0.15) is 0 Å². The van der Waals surface area contributed by atoms with Gasteiger partial charge in [0.15, 0.2) is 0 Å². The highest BCUT2D eigenvalue weighted by atomic mass is 35.5. The van der Waals surface area contributed by atoms with Crippen LogP contribution in [0.15, 0.2) is 17.1 Å². The molecule has 5 rings (SSSR count). The maximum atomic E-state index is 13.2. The molecular formula is C20H28ClN3O3. The molecule has 1 amide bonds. The van der Waals surface area contributed by atoms with Gasteiger partial charge in [0.1, 0.15) is 5.56 Å². The summed E-state index contributed by atoms with van der Waals surface area (Å²) in [6.07, 6.45) is 6.38. The first-order chi connectivity index (χ1) is 12.6. The molecule has 4 fully saturated rings. The molecule has 5 atom stereocenters. The normalized spacial score (nSPS) is 34.0. The second kappa shape index (κ2) is 7.22. The van der Waals surface area contributed by atoms with Crippen LogP contribution in [0, 0.1) is 18.8 Å². The number of nitrogens with one attached hydrogen (secondary N) is 1.